The van der Waals surface area contributed by atoms with E-state index in [4.69, 9.17) is 0 Å². The molecule has 28 heavy (non-hydrogen) atoms. The lowest BCUT2D eigenvalue weighted by atomic mass is 10.2. The van der Waals surface area contributed by atoms with E-state index >= 15 is 0 Å². The summed E-state index contributed by atoms with van der Waals surface area (Å²) in [5, 5.41) is 12.2. The monoisotopic (exact) mass is 515 g/mol. The molecule has 0 saturated heterocycles. The van der Waals surface area contributed by atoms with Crippen molar-refractivity contribution in [3.05, 3.63) is 36.3 Å². The molecular formula is C19H31IN7P. The number of hydrogen-bond donors (Lipinski definition) is 2. The Morgan fingerprint density at radius 2 is 2.21 bits per heavy atom. The number of anilines is 1. The van der Waals surface area contributed by atoms with Gasteiger partial charge in [-0.25, -0.2) is 9.44 Å². The van der Waals surface area contributed by atoms with E-state index in [0.29, 0.717) is 18.4 Å². The van der Waals surface area contributed by atoms with E-state index in [-0.39, 0.29) is 0 Å². The maximum Gasteiger partial charge on any atom is 0.228 e. The topological polar surface area (TPSA) is 70.9 Å². The number of aromatic nitrogens is 4. The molecule has 0 fully saturated rings. The van der Waals surface area contributed by atoms with Crippen LogP contribution in [0.15, 0.2) is 36.3 Å². The van der Waals surface area contributed by atoms with Crippen LogP contribution >= 0.6 is 28.4 Å². The molecule has 2 unspecified atom stereocenters. The van der Waals surface area contributed by atoms with Crippen LogP contribution in [0.4, 0.5) is 5.95 Å². The summed E-state index contributed by atoms with van der Waals surface area (Å²) in [5.74, 6) is 0.616. The molecule has 2 atom stereocenters. The van der Waals surface area contributed by atoms with E-state index in [1.165, 1.54) is 0 Å². The third-order valence-electron chi connectivity index (χ3n) is 4.37. The number of hydrogen-bond acceptors (Lipinski definition) is 6. The van der Waals surface area contributed by atoms with Crippen LogP contribution in [0.1, 0.15) is 33.6 Å². The molecule has 7 nitrogen and oxygen atoms in total. The van der Waals surface area contributed by atoms with Crippen molar-refractivity contribution in [2.45, 2.75) is 39.7 Å². The fraction of sp³-hybridized carbons (Fsp3) is 0.526. The smallest absolute Gasteiger partial charge is 0.228 e. The van der Waals surface area contributed by atoms with Gasteiger partial charge in [-0.3, -0.25) is 0 Å². The molecule has 2 aromatic heterocycles. The Morgan fingerprint density at radius 1 is 1.39 bits per heavy atom. The second-order valence-corrected chi connectivity index (χ2v) is 8.69. The minimum atomic E-state index is 0.347. The quantitative estimate of drug-likeness (QED) is 0.251. The van der Waals surface area contributed by atoms with Crippen LogP contribution in [-0.4, -0.2) is 57.1 Å². The Hall–Kier alpha value is -1.09. The Balaban J connectivity index is 1.92. The van der Waals surface area contributed by atoms with Gasteiger partial charge in [-0.05, 0) is 49.0 Å². The Labute approximate surface area is 182 Å². The number of rotatable bonds is 12. The minimum absolute atomic E-state index is 0.347. The number of nitrogens with one attached hydrogen (secondary N) is 2. The van der Waals surface area contributed by atoms with Gasteiger partial charge in [0, 0.05) is 37.4 Å². The second kappa shape index (κ2) is 12.5. The summed E-state index contributed by atoms with van der Waals surface area (Å²) < 4.78 is 1.90. The van der Waals surface area contributed by atoms with Gasteiger partial charge in [0.25, 0.3) is 0 Å². The molecule has 0 aliphatic rings. The molecule has 2 aromatic rings. The molecule has 0 aliphatic carbocycles. The van der Waals surface area contributed by atoms with Gasteiger partial charge in [0.15, 0.2) is 5.65 Å². The first-order chi connectivity index (χ1) is 13.6. The van der Waals surface area contributed by atoms with Gasteiger partial charge < -0.3 is 15.5 Å². The molecule has 2 N–H and O–H groups in total. The first kappa shape index (κ1) is 23.2. The number of halogens is 1. The zero-order valence-corrected chi connectivity index (χ0v) is 20.3. The molecule has 2 rings (SSSR count). The highest BCUT2D eigenvalue weighted by atomic mass is 127. The summed E-state index contributed by atoms with van der Waals surface area (Å²) >= 11 is 2.31. The molecule has 2 heterocycles. The van der Waals surface area contributed by atoms with Crippen molar-refractivity contribution in [2.75, 3.05) is 32.0 Å². The molecule has 0 saturated carbocycles. The highest BCUT2D eigenvalue weighted by Crippen LogP contribution is 2.27. The van der Waals surface area contributed by atoms with Gasteiger partial charge in [0.1, 0.15) is 0 Å². The van der Waals surface area contributed by atoms with Crippen LogP contribution in [0.5, 0.6) is 0 Å². The predicted octanol–water partition coefficient (Wildman–Crippen LogP) is 4.20. The van der Waals surface area contributed by atoms with Crippen molar-refractivity contribution in [1.82, 2.24) is 29.7 Å². The lowest BCUT2D eigenvalue weighted by Crippen LogP contribution is -2.33. The molecular weight excluding hydrogens is 484 g/mol. The van der Waals surface area contributed by atoms with Crippen molar-refractivity contribution in [2.24, 2.45) is 0 Å². The predicted molar refractivity (Wildman–Crippen MR) is 129 cm³/mol. The lowest BCUT2D eigenvalue weighted by Gasteiger charge is -2.16. The fourth-order valence-corrected chi connectivity index (χ4v) is 4.04. The number of nitrogens with zero attached hydrogens (tertiary/aromatic N) is 5. The van der Waals surface area contributed by atoms with E-state index in [9.17, 15) is 0 Å². The van der Waals surface area contributed by atoms with Crippen LogP contribution in [0, 0.1) is 0 Å². The van der Waals surface area contributed by atoms with E-state index in [0.717, 1.165) is 49.2 Å². The van der Waals surface area contributed by atoms with E-state index in [1.54, 1.807) is 0 Å². The van der Waals surface area contributed by atoms with Crippen molar-refractivity contribution in [1.29, 1.82) is 0 Å². The summed E-state index contributed by atoms with van der Waals surface area (Å²) in [5.41, 5.74) is 1.98. The SMILES string of the molecule is CC/C=C(\C/C=C\C(C)NCCN(C)CC)Nc1ncc2cnn(PI)c2n1. The molecule has 0 radical (unpaired) electrons. The minimum Gasteiger partial charge on any atom is -0.328 e. The van der Waals surface area contributed by atoms with Crippen LogP contribution in [0.3, 0.4) is 0 Å². The summed E-state index contributed by atoms with van der Waals surface area (Å²) in [6, 6.07) is 0.347. The Morgan fingerprint density at radius 3 is 2.93 bits per heavy atom. The van der Waals surface area contributed by atoms with E-state index in [2.05, 4.69) is 98.7 Å². The number of allylic oxidation sites excluding steroid dienone is 2. The van der Waals surface area contributed by atoms with Gasteiger partial charge in [-0.1, -0.05) is 32.1 Å². The number of fused-ring (bicyclic) bond motifs is 1. The molecule has 0 spiro atoms. The molecule has 154 valence electrons. The maximum absolute atomic E-state index is 4.63. The van der Waals surface area contributed by atoms with Gasteiger partial charge in [0.2, 0.25) is 5.95 Å². The standard InChI is InChI=1S/C19H31IN7P/c1-5-8-17(10-7-9-15(3)21-11-12-26(4)6-2)24-19-22-13-16-14-23-27(28-20)18(16)25-19/h7-9,13-15,21,28H,5-6,10-12H2,1-4H3,(H,22,24,25)/b9-7-,17-8+. The first-order valence-electron chi connectivity index (χ1n) is 9.69. The second-order valence-electron chi connectivity index (χ2n) is 6.65. The van der Waals surface area contributed by atoms with Crippen molar-refractivity contribution in [3.63, 3.8) is 0 Å². The lowest BCUT2D eigenvalue weighted by molar-refractivity contribution is 0.346. The first-order valence-corrected chi connectivity index (χ1v) is 13.8. The Kier molecular flexibility index (Phi) is 10.3. The zero-order valence-electron chi connectivity index (χ0n) is 17.1. The summed E-state index contributed by atoms with van der Waals surface area (Å²) in [7, 11) is 2.14. The molecule has 9 heteroatoms. The summed E-state index contributed by atoms with van der Waals surface area (Å²) in [6.07, 6.45) is 12.5. The summed E-state index contributed by atoms with van der Waals surface area (Å²) in [6.45, 7) is 9.62. The molecule has 0 amide bonds. The van der Waals surface area contributed by atoms with Crippen molar-refractivity contribution >= 4 is 45.4 Å². The molecule has 0 aliphatic heterocycles. The average molecular weight is 515 g/mol. The fourth-order valence-electron chi connectivity index (χ4n) is 2.62. The van der Waals surface area contributed by atoms with Gasteiger partial charge in [0.05, 0.1) is 18.0 Å². The van der Waals surface area contributed by atoms with Gasteiger partial charge in [-0.15, -0.1) is 0 Å². The van der Waals surface area contributed by atoms with Crippen LogP contribution in [-0.2, 0) is 0 Å². The van der Waals surface area contributed by atoms with Crippen LogP contribution < -0.4 is 10.6 Å². The molecule has 0 aromatic carbocycles. The number of likely N-dealkylation sites (N-methyl/N-ethyl adjacent to an activating group) is 1. The van der Waals surface area contributed by atoms with E-state index in [1.807, 2.05) is 16.8 Å². The van der Waals surface area contributed by atoms with Crippen LogP contribution in [0.2, 0.25) is 0 Å². The highest BCUT2D eigenvalue weighted by molar-refractivity contribution is 14.2. The Bertz CT molecular complexity index is 790. The van der Waals surface area contributed by atoms with Gasteiger partial charge >= 0.3 is 0 Å². The highest BCUT2D eigenvalue weighted by Gasteiger charge is 2.07. The zero-order chi connectivity index (χ0) is 20.4. The van der Waals surface area contributed by atoms with Crippen molar-refractivity contribution < 1.29 is 0 Å². The maximum atomic E-state index is 4.63. The summed E-state index contributed by atoms with van der Waals surface area (Å²) in [4.78, 5) is 11.4. The van der Waals surface area contributed by atoms with Crippen molar-refractivity contribution in [3.8, 4) is 0 Å². The molecule has 0 bridgehead atoms. The third-order valence-corrected chi connectivity index (χ3v) is 6.23. The largest absolute Gasteiger partial charge is 0.328 e. The normalized spacial score (nSPS) is 14.1. The van der Waals surface area contributed by atoms with Crippen LogP contribution in [0.25, 0.3) is 11.0 Å². The van der Waals surface area contributed by atoms with E-state index < -0.39 is 0 Å². The van der Waals surface area contributed by atoms with Gasteiger partial charge in [-0.2, -0.15) is 10.1 Å². The third kappa shape index (κ3) is 7.39. The average Bonchev–Trinajstić information content (AvgIpc) is 3.10.